The van der Waals surface area contributed by atoms with Crippen LogP contribution >= 0.6 is 23.2 Å². The van der Waals surface area contributed by atoms with E-state index >= 15 is 0 Å². The molecule has 0 saturated heterocycles. The molecule has 2 heterocycles. The Morgan fingerprint density at radius 3 is 2.09 bits per heavy atom. The molecule has 0 radical (unpaired) electrons. The lowest BCUT2D eigenvalue weighted by atomic mass is 9.95. The minimum absolute atomic E-state index is 0.218. The highest BCUT2D eigenvalue weighted by atomic mass is 35.5. The number of carboxylic acid groups (broad SMARTS) is 2. The summed E-state index contributed by atoms with van der Waals surface area (Å²) in [5.74, 6) is -2.96. The van der Waals surface area contributed by atoms with Crippen molar-refractivity contribution < 1.29 is 24.2 Å². The largest absolute Gasteiger partial charge is 0.478 e. The number of carboxylic acids is 2. The Hall–Kier alpha value is -2.64. The average molecular weight is 355 g/mol. The lowest BCUT2D eigenvalue weighted by Gasteiger charge is -2.10. The molecular weight excluding hydrogens is 351 g/mol. The van der Waals surface area contributed by atoms with Crippen molar-refractivity contribution in [3.05, 3.63) is 54.1 Å². The number of benzene rings is 2. The van der Waals surface area contributed by atoms with Crippen molar-refractivity contribution in [2.75, 3.05) is 0 Å². The molecule has 0 spiro atoms. The first-order valence-corrected chi connectivity index (χ1v) is 6.71. The Balaban J connectivity index is 2.91. The van der Waals surface area contributed by atoms with E-state index in [1.165, 1.54) is 0 Å². The predicted molar refractivity (Wildman–Crippen MR) is 81.4 cm³/mol. The second-order valence-electron chi connectivity index (χ2n) is 4.60. The van der Waals surface area contributed by atoms with Gasteiger partial charge in [0, 0.05) is 10.8 Å². The fourth-order valence-electron chi connectivity index (χ4n) is 2.50. The van der Waals surface area contributed by atoms with Gasteiger partial charge in [-0.25, -0.2) is 19.2 Å². The van der Waals surface area contributed by atoms with E-state index in [4.69, 9.17) is 23.2 Å². The van der Waals surface area contributed by atoms with Crippen LogP contribution in [0.2, 0.25) is 10.0 Å². The van der Waals surface area contributed by atoms with E-state index in [-0.39, 0.29) is 26.2 Å². The number of carbonyl (C=O) groups is 2. The fourth-order valence-corrected chi connectivity index (χ4v) is 3.06. The van der Waals surface area contributed by atoms with E-state index in [1.807, 2.05) is 0 Å². The first kappa shape index (κ1) is 15.3. The Kier molecular flexibility index (Phi) is 3.28. The van der Waals surface area contributed by atoms with Crippen molar-refractivity contribution in [1.29, 1.82) is 0 Å². The zero-order valence-corrected chi connectivity index (χ0v) is 12.4. The van der Waals surface area contributed by atoms with Gasteiger partial charge in [-0.1, -0.05) is 23.2 Å². The molecule has 0 fully saturated rings. The summed E-state index contributed by atoms with van der Waals surface area (Å²) in [5, 5.41) is 16.7. The van der Waals surface area contributed by atoms with Gasteiger partial charge < -0.3 is 14.6 Å². The molecule has 0 unspecified atom stereocenters. The van der Waals surface area contributed by atoms with Crippen LogP contribution < -0.4 is 11.3 Å². The molecule has 0 saturated carbocycles. The van der Waals surface area contributed by atoms with Gasteiger partial charge in [-0.2, -0.15) is 0 Å². The number of aromatic carboxylic acids is 2. The lowest BCUT2D eigenvalue weighted by Crippen LogP contribution is -2.07. The molecule has 23 heavy (non-hydrogen) atoms. The lowest BCUT2D eigenvalue weighted by molar-refractivity contribution is 0.0684. The maximum Gasteiger partial charge on any atom is 0.348 e. The number of hydrogen-bond donors (Lipinski definition) is 2. The van der Waals surface area contributed by atoms with E-state index in [2.05, 4.69) is 4.42 Å². The second-order valence-corrected chi connectivity index (χ2v) is 5.41. The van der Waals surface area contributed by atoms with Crippen LogP contribution in [0.1, 0.15) is 20.7 Å². The van der Waals surface area contributed by atoms with Gasteiger partial charge in [0.15, 0.2) is 0 Å². The third kappa shape index (κ3) is 2.05. The van der Waals surface area contributed by atoms with Crippen molar-refractivity contribution in [3.8, 4) is 0 Å². The van der Waals surface area contributed by atoms with Crippen molar-refractivity contribution in [2.24, 2.45) is 0 Å². The molecule has 2 aromatic carbocycles. The highest BCUT2D eigenvalue weighted by Gasteiger charge is 2.26. The highest BCUT2D eigenvalue weighted by molar-refractivity contribution is 6.41. The second kappa shape index (κ2) is 4.94. The van der Waals surface area contributed by atoms with Crippen LogP contribution in [0.15, 0.2) is 26.1 Å². The van der Waals surface area contributed by atoms with E-state index in [1.54, 1.807) is 0 Å². The van der Waals surface area contributed by atoms with Crippen LogP contribution in [-0.4, -0.2) is 22.2 Å². The quantitative estimate of drug-likeness (QED) is 0.724. The Morgan fingerprint density at radius 1 is 0.870 bits per heavy atom. The topological polar surface area (TPSA) is 122 Å². The van der Waals surface area contributed by atoms with Crippen LogP contribution in [-0.2, 0) is 0 Å². The van der Waals surface area contributed by atoms with Crippen LogP contribution in [0.4, 0.5) is 0 Å². The molecule has 2 aromatic heterocycles. The highest BCUT2D eigenvalue weighted by Crippen LogP contribution is 2.37. The third-order valence-electron chi connectivity index (χ3n) is 3.36. The summed E-state index contributed by atoms with van der Waals surface area (Å²) in [6, 6.07) is 1.95. The van der Waals surface area contributed by atoms with Crippen LogP contribution in [0.25, 0.3) is 21.5 Å². The smallest absolute Gasteiger partial charge is 0.348 e. The third-order valence-corrected chi connectivity index (χ3v) is 3.96. The molecule has 2 bridgehead atoms. The average Bonchev–Trinajstić information content (AvgIpc) is 2.60. The molecule has 0 aliphatic carbocycles. The van der Waals surface area contributed by atoms with Crippen LogP contribution in [0.3, 0.4) is 0 Å². The van der Waals surface area contributed by atoms with E-state index in [0.29, 0.717) is 0 Å². The molecule has 0 aliphatic rings. The number of rotatable bonds is 2. The van der Waals surface area contributed by atoms with Gasteiger partial charge in [-0.15, -0.1) is 0 Å². The maximum absolute atomic E-state index is 12.0. The van der Waals surface area contributed by atoms with Gasteiger partial charge >= 0.3 is 23.2 Å². The van der Waals surface area contributed by atoms with Crippen molar-refractivity contribution >= 4 is 56.7 Å². The first-order chi connectivity index (χ1) is 10.7. The summed E-state index contributed by atoms with van der Waals surface area (Å²) >= 11 is 11.8. The van der Waals surface area contributed by atoms with Gasteiger partial charge in [0.2, 0.25) is 0 Å². The summed E-state index contributed by atoms with van der Waals surface area (Å²) in [5.41, 5.74) is -3.26. The molecular formula is C14H4Cl2O7. The van der Waals surface area contributed by atoms with E-state index < -0.39 is 39.7 Å². The van der Waals surface area contributed by atoms with Crippen LogP contribution in [0.5, 0.6) is 0 Å². The van der Waals surface area contributed by atoms with Crippen molar-refractivity contribution in [2.45, 2.75) is 0 Å². The van der Waals surface area contributed by atoms with Gasteiger partial charge in [-0.3, -0.25) is 0 Å². The molecule has 4 aromatic rings. The molecule has 2 N–H and O–H groups in total. The number of halogens is 2. The maximum atomic E-state index is 12.0. The summed E-state index contributed by atoms with van der Waals surface area (Å²) in [7, 11) is 0. The Bertz CT molecular complexity index is 1130. The van der Waals surface area contributed by atoms with Gasteiger partial charge in [0.05, 0.1) is 31.9 Å². The van der Waals surface area contributed by atoms with E-state index in [0.717, 1.165) is 12.1 Å². The Labute approximate surface area is 135 Å². The zero-order chi connectivity index (χ0) is 17.0. The SMILES string of the molecule is O=C(O)c1c(Cl)cc(C(=O)O)c2c3c(Cl)cc(c(=O)oc3=O)c12. The molecule has 0 aliphatic heterocycles. The molecule has 7 nitrogen and oxygen atoms in total. The normalized spacial score (nSPS) is 11.2. The predicted octanol–water partition coefficient (Wildman–Crippen LogP) is 2.45. The standard InChI is InChI=1S/C14H4Cl2O7/c15-5-1-3(11(17)18)7-8(9(5)12(19)20)4-2-6(16)10(7)14(22)23-13(4)21/h1-2H,(H,17,18)(H,19,20). The minimum Gasteiger partial charge on any atom is -0.478 e. The monoisotopic (exact) mass is 354 g/mol. The molecule has 4 rings (SSSR count). The Morgan fingerprint density at radius 2 is 1.52 bits per heavy atom. The molecule has 9 heteroatoms. The van der Waals surface area contributed by atoms with Gasteiger partial charge in [0.1, 0.15) is 0 Å². The van der Waals surface area contributed by atoms with Crippen molar-refractivity contribution in [3.63, 3.8) is 0 Å². The van der Waals surface area contributed by atoms with Crippen LogP contribution in [0, 0.1) is 0 Å². The van der Waals surface area contributed by atoms with Gasteiger partial charge in [-0.05, 0) is 12.1 Å². The zero-order valence-electron chi connectivity index (χ0n) is 10.8. The molecule has 116 valence electrons. The van der Waals surface area contributed by atoms with E-state index in [9.17, 15) is 29.4 Å². The minimum atomic E-state index is -1.49. The number of fused-ring (bicyclic) bond motifs is 3. The molecule has 0 amide bonds. The first-order valence-electron chi connectivity index (χ1n) is 5.95. The summed E-state index contributed by atoms with van der Waals surface area (Å²) in [6.07, 6.45) is 0. The fraction of sp³-hybridized carbons (Fsp3) is 0. The van der Waals surface area contributed by atoms with Crippen molar-refractivity contribution in [1.82, 2.24) is 0 Å². The van der Waals surface area contributed by atoms with Gasteiger partial charge in [0.25, 0.3) is 0 Å². The summed E-state index contributed by atoms with van der Waals surface area (Å²) in [6.45, 7) is 0. The molecule has 0 atom stereocenters. The summed E-state index contributed by atoms with van der Waals surface area (Å²) in [4.78, 5) is 46.9. The summed E-state index contributed by atoms with van der Waals surface area (Å²) < 4.78 is 4.54. The number of hydrogen-bond acceptors (Lipinski definition) is 5.